The second-order valence-electron chi connectivity index (χ2n) is 5.02. The minimum Gasteiger partial charge on any atom is -0.481 e. The lowest BCUT2D eigenvalue weighted by molar-refractivity contribution is -0.154. The summed E-state index contributed by atoms with van der Waals surface area (Å²) in [5.74, 6) is -0.938. The molecular weight excluding hydrogens is 310 g/mol. The molecule has 1 aliphatic rings. The fraction of sp³-hybridized carbons (Fsp3) is 0.429. The molecule has 102 valence electrons. The lowest BCUT2D eigenvalue weighted by Gasteiger charge is -2.37. The van der Waals surface area contributed by atoms with Crippen molar-refractivity contribution in [2.75, 3.05) is 6.54 Å². The quantitative estimate of drug-likeness (QED) is 0.873. The van der Waals surface area contributed by atoms with Crippen molar-refractivity contribution in [3.05, 3.63) is 34.3 Å². The van der Waals surface area contributed by atoms with Gasteiger partial charge in [0.2, 0.25) is 5.91 Å². The van der Waals surface area contributed by atoms with Crippen LogP contribution in [0.1, 0.15) is 24.8 Å². The van der Waals surface area contributed by atoms with Crippen molar-refractivity contribution in [2.45, 2.75) is 25.7 Å². The van der Waals surface area contributed by atoms with E-state index in [9.17, 15) is 9.59 Å². The molecule has 5 heteroatoms. The molecule has 0 bridgehead atoms. The molecule has 19 heavy (non-hydrogen) atoms. The molecule has 1 aromatic carbocycles. The van der Waals surface area contributed by atoms with E-state index in [4.69, 9.17) is 5.11 Å². The number of carboxylic acid groups (broad SMARTS) is 1. The molecule has 1 saturated carbocycles. The van der Waals surface area contributed by atoms with Gasteiger partial charge >= 0.3 is 5.97 Å². The molecular formula is C14H16BrNO3. The van der Waals surface area contributed by atoms with E-state index in [1.807, 2.05) is 24.3 Å². The Kier molecular flexibility index (Phi) is 4.24. The molecule has 2 N–H and O–H groups in total. The number of hydrogen-bond donors (Lipinski definition) is 2. The van der Waals surface area contributed by atoms with Gasteiger partial charge in [-0.05, 0) is 30.5 Å². The number of carbonyl (C=O) groups excluding carboxylic acids is 1. The summed E-state index contributed by atoms with van der Waals surface area (Å²) in [4.78, 5) is 23.0. The van der Waals surface area contributed by atoms with Crippen molar-refractivity contribution in [3.8, 4) is 0 Å². The summed E-state index contributed by atoms with van der Waals surface area (Å²) >= 11 is 3.35. The number of carbonyl (C=O) groups is 2. The van der Waals surface area contributed by atoms with E-state index in [2.05, 4.69) is 21.2 Å². The van der Waals surface area contributed by atoms with Crippen molar-refractivity contribution in [1.82, 2.24) is 5.32 Å². The average Bonchev–Trinajstić information content (AvgIpc) is 2.26. The standard InChI is InChI=1S/C14H16BrNO3/c15-11-4-1-3-10(7-11)8-12(17)16-9-14(13(18)19)5-2-6-14/h1,3-4,7H,2,5-6,8-9H2,(H,16,17)(H,18,19). The predicted molar refractivity (Wildman–Crippen MR) is 74.8 cm³/mol. The Morgan fingerprint density at radius 1 is 1.37 bits per heavy atom. The van der Waals surface area contributed by atoms with Crippen LogP contribution in [0.25, 0.3) is 0 Å². The van der Waals surface area contributed by atoms with Crippen LogP contribution in [0.3, 0.4) is 0 Å². The predicted octanol–water partition coefficient (Wildman–Crippen LogP) is 2.36. The second kappa shape index (κ2) is 5.74. The first-order valence-electron chi connectivity index (χ1n) is 6.26. The highest BCUT2D eigenvalue weighted by atomic mass is 79.9. The third-order valence-corrected chi connectivity index (χ3v) is 4.14. The van der Waals surface area contributed by atoms with Crippen LogP contribution in [0.15, 0.2) is 28.7 Å². The lowest BCUT2D eigenvalue weighted by Crippen LogP contribution is -2.47. The number of rotatable bonds is 5. The van der Waals surface area contributed by atoms with Crippen LogP contribution >= 0.6 is 15.9 Å². The van der Waals surface area contributed by atoms with E-state index in [-0.39, 0.29) is 18.9 Å². The summed E-state index contributed by atoms with van der Waals surface area (Å²) < 4.78 is 0.929. The van der Waals surface area contributed by atoms with Gasteiger partial charge in [-0.2, -0.15) is 0 Å². The number of amides is 1. The Morgan fingerprint density at radius 2 is 2.11 bits per heavy atom. The Hall–Kier alpha value is -1.36. The van der Waals surface area contributed by atoms with E-state index >= 15 is 0 Å². The molecule has 0 aromatic heterocycles. The SMILES string of the molecule is O=C(Cc1cccc(Br)c1)NCC1(C(=O)O)CCC1. The topological polar surface area (TPSA) is 66.4 Å². The van der Waals surface area contributed by atoms with Gasteiger partial charge in [0.05, 0.1) is 11.8 Å². The van der Waals surface area contributed by atoms with Crippen LogP contribution in [-0.4, -0.2) is 23.5 Å². The number of nitrogens with one attached hydrogen (secondary N) is 1. The summed E-state index contributed by atoms with van der Waals surface area (Å²) in [6, 6.07) is 7.53. The van der Waals surface area contributed by atoms with E-state index in [0.29, 0.717) is 12.8 Å². The smallest absolute Gasteiger partial charge is 0.311 e. The zero-order valence-electron chi connectivity index (χ0n) is 10.5. The molecule has 0 atom stereocenters. The maximum atomic E-state index is 11.8. The summed E-state index contributed by atoms with van der Waals surface area (Å²) in [6.45, 7) is 0.231. The first-order chi connectivity index (χ1) is 9.02. The molecule has 1 fully saturated rings. The number of carboxylic acids is 1. The number of benzene rings is 1. The van der Waals surface area contributed by atoms with Gasteiger partial charge in [-0.15, -0.1) is 0 Å². The summed E-state index contributed by atoms with van der Waals surface area (Å²) in [5.41, 5.74) is 0.178. The molecule has 1 amide bonds. The van der Waals surface area contributed by atoms with E-state index in [1.54, 1.807) is 0 Å². The number of hydrogen-bond acceptors (Lipinski definition) is 2. The zero-order chi connectivity index (χ0) is 13.9. The molecule has 0 unspecified atom stereocenters. The van der Waals surface area contributed by atoms with Crippen LogP contribution in [0, 0.1) is 5.41 Å². The van der Waals surface area contributed by atoms with Gasteiger partial charge in [0.1, 0.15) is 0 Å². The second-order valence-corrected chi connectivity index (χ2v) is 5.94. The van der Waals surface area contributed by atoms with Crippen molar-refractivity contribution in [3.63, 3.8) is 0 Å². The summed E-state index contributed by atoms with van der Waals surface area (Å²) in [6.07, 6.45) is 2.50. The van der Waals surface area contributed by atoms with Crippen LogP contribution in [0.5, 0.6) is 0 Å². The maximum absolute atomic E-state index is 11.8. The van der Waals surface area contributed by atoms with Gasteiger partial charge in [-0.25, -0.2) is 0 Å². The monoisotopic (exact) mass is 325 g/mol. The van der Waals surface area contributed by atoms with E-state index in [1.165, 1.54) is 0 Å². The Balaban J connectivity index is 1.87. The fourth-order valence-corrected chi connectivity index (χ4v) is 2.68. The minimum absolute atomic E-state index is 0.134. The molecule has 0 heterocycles. The van der Waals surface area contributed by atoms with E-state index in [0.717, 1.165) is 16.5 Å². The Bertz CT molecular complexity index is 497. The number of aliphatic carboxylic acids is 1. The van der Waals surface area contributed by atoms with Crippen LogP contribution in [0.4, 0.5) is 0 Å². The van der Waals surface area contributed by atoms with Crippen molar-refractivity contribution >= 4 is 27.8 Å². The highest BCUT2D eigenvalue weighted by molar-refractivity contribution is 9.10. The van der Waals surface area contributed by atoms with Crippen LogP contribution in [0.2, 0.25) is 0 Å². The molecule has 2 rings (SSSR count). The summed E-state index contributed by atoms with van der Waals surface area (Å²) in [5, 5.41) is 11.9. The normalized spacial score (nSPS) is 16.5. The van der Waals surface area contributed by atoms with Gasteiger partial charge < -0.3 is 10.4 Å². The average molecular weight is 326 g/mol. The van der Waals surface area contributed by atoms with Crippen molar-refractivity contribution in [1.29, 1.82) is 0 Å². The van der Waals surface area contributed by atoms with Gasteiger partial charge in [0.25, 0.3) is 0 Å². The fourth-order valence-electron chi connectivity index (χ4n) is 2.23. The van der Waals surface area contributed by atoms with E-state index < -0.39 is 11.4 Å². The molecule has 4 nitrogen and oxygen atoms in total. The van der Waals surface area contributed by atoms with Crippen LogP contribution in [-0.2, 0) is 16.0 Å². The largest absolute Gasteiger partial charge is 0.481 e. The van der Waals surface area contributed by atoms with Crippen molar-refractivity contribution in [2.24, 2.45) is 5.41 Å². The Labute approximate surface area is 120 Å². The van der Waals surface area contributed by atoms with Gasteiger partial charge in [0.15, 0.2) is 0 Å². The molecule has 1 aliphatic carbocycles. The third kappa shape index (κ3) is 3.35. The van der Waals surface area contributed by atoms with Gasteiger partial charge in [-0.3, -0.25) is 9.59 Å². The first kappa shape index (κ1) is 14.1. The molecule has 0 saturated heterocycles. The molecule has 0 spiro atoms. The molecule has 0 radical (unpaired) electrons. The first-order valence-corrected chi connectivity index (χ1v) is 7.06. The zero-order valence-corrected chi connectivity index (χ0v) is 12.1. The number of halogens is 1. The minimum atomic E-state index is -0.804. The molecule has 1 aromatic rings. The highest BCUT2D eigenvalue weighted by Gasteiger charge is 2.44. The summed E-state index contributed by atoms with van der Waals surface area (Å²) in [7, 11) is 0. The highest BCUT2D eigenvalue weighted by Crippen LogP contribution is 2.40. The van der Waals surface area contributed by atoms with Crippen LogP contribution < -0.4 is 5.32 Å². The van der Waals surface area contributed by atoms with Gasteiger partial charge in [-0.1, -0.05) is 34.5 Å². The Morgan fingerprint density at radius 3 is 2.63 bits per heavy atom. The van der Waals surface area contributed by atoms with Gasteiger partial charge in [0, 0.05) is 11.0 Å². The third-order valence-electron chi connectivity index (χ3n) is 3.64. The molecule has 0 aliphatic heterocycles. The maximum Gasteiger partial charge on any atom is 0.311 e. The lowest BCUT2D eigenvalue weighted by atomic mass is 9.69. The van der Waals surface area contributed by atoms with Crippen molar-refractivity contribution < 1.29 is 14.7 Å².